The minimum Gasteiger partial charge on any atom is -0.481 e. The second-order valence-corrected chi connectivity index (χ2v) is 11.0. The van der Waals surface area contributed by atoms with Crippen LogP contribution in [-0.2, 0) is 4.79 Å². The molecule has 0 amide bonds. The number of fused-ring (bicyclic) bond motifs is 1. The van der Waals surface area contributed by atoms with Crippen LogP contribution in [0.4, 0.5) is 5.69 Å². The molecular formula is C26H27ClN2O3S. The predicted molar refractivity (Wildman–Crippen MR) is 134 cm³/mol. The Balaban J connectivity index is 1.23. The number of hydrogen-bond acceptors (Lipinski definition) is 5. The Morgan fingerprint density at radius 3 is 2.30 bits per heavy atom. The minimum absolute atomic E-state index is 0.0538. The summed E-state index contributed by atoms with van der Waals surface area (Å²) in [4.78, 5) is 29.1. The summed E-state index contributed by atoms with van der Waals surface area (Å²) >= 11 is 8.11. The number of hydrogen-bond donors (Lipinski definition) is 2. The Hall–Kier alpha value is -2.31. The van der Waals surface area contributed by atoms with E-state index in [0.717, 1.165) is 47.7 Å². The normalized spacial score (nSPS) is 28.8. The van der Waals surface area contributed by atoms with Gasteiger partial charge in [0.2, 0.25) is 0 Å². The van der Waals surface area contributed by atoms with Crippen LogP contribution < -0.4 is 5.32 Å². The van der Waals surface area contributed by atoms with Crippen molar-refractivity contribution >= 4 is 46.0 Å². The van der Waals surface area contributed by atoms with Gasteiger partial charge in [0.25, 0.3) is 0 Å². The van der Waals surface area contributed by atoms with E-state index in [1.807, 2.05) is 36.4 Å². The van der Waals surface area contributed by atoms with Crippen molar-refractivity contribution in [1.82, 2.24) is 0 Å². The molecule has 2 saturated carbocycles. The number of carbonyl (C=O) groups excluding carboxylic acids is 1. The van der Waals surface area contributed by atoms with Gasteiger partial charge in [-0.05, 0) is 55.4 Å². The number of nitrogens with zero attached hydrogens (tertiary/aromatic N) is 1. The molecule has 1 aliphatic heterocycles. The number of carboxylic acid groups (broad SMARTS) is 1. The molecule has 0 radical (unpaired) electrons. The minimum atomic E-state index is -0.861. The van der Waals surface area contributed by atoms with Crippen LogP contribution in [0.25, 0.3) is 11.1 Å². The summed E-state index contributed by atoms with van der Waals surface area (Å²) in [5.41, 5.74) is 3.67. The van der Waals surface area contributed by atoms with Crippen molar-refractivity contribution in [2.45, 2.75) is 55.2 Å². The summed E-state index contributed by atoms with van der Waals surface area (Å²) in [6.45, 7) is 0. The van der Waals surface area contributed by atoms with E-state index < -0.39 is 17.8 Å². The maximum atomic E-state index is 12.8. The number of benzene rings is 2. The highest BCUT2D eigenvalue weighted by Crippen LogP contribution is 2.39. The molecule has 5 rings (SSSR count). The van der Waals surface area contributed by atoms with Crippen molar-refractivity contribution in [3.05, 3.63) is 54.1 Å². The summed E-state index contributed by atoms with van der Waals surface area (Å²) in [6, 6.07) is 16.1. The molecule has 3 aliphatic rings. The maximum Gasteiger partial charge on any atom is 0.307 e. The third-order valence-corrected chi connectivity index (χ3v) is 8.68. The lowest BCUT2D eigenvalue weighted by atomic mass is 9.88. The molecule has 0 bridgehead atoms. The quantitative estimate of drug-likeness (QED) is 0.398. The fraction of sp³-hybridized carbons (Fsp3) is 0.423. The molecule has 2 aromatic rings. The number of thioether (sulfide) groups is 1. The third kappa shape index (κ3) is 4.82. The van der Waals surface area contributed by atoms with Crippen molar-refractivity contribution < 1.29 is 14.7 Å². The van der Waals surface area contributed by atoms with Crippen molar-refractivity contribution in [1.29, 1.82) is 0 Å². The molecule has 33 heavy (non-hydrogen) atoms. The Kier molecular flexibility index (Phi) is 6.48. The zero-order valence-electron chi connectivity index (χ0n) is 18.2. The molecule has 2 N–H and O–H groups in total. The first-order valence-electron chi connectivity index (χ1n) is 11.6. The monoisotopic (exact) mass is 482 g/mol. The summed E-state index contributed by atoms with van der Waals surface area (Å²) in [6.07, 6.45) is 5.16. The number of anilines is 1. The van der Waals surface area contributed by atoms with E-state index in [1.54, 1.807) is 11.8 Å². The molecule has 5 atom stereocenters. The lowest BCUT2D eigenvalue weighted by Crippen LogP contribution is -2.27. The first-order valence-corrected chi connectivity index (χ1v) is 12.9. The number of nitrogens with one attached hydrogen (secondary N) is 1. The molecule has 172 valence electrons. The predicted octanol–water partition coefficient (Wildman–Crippen LogP) is 6.08. The van der Waals surface area contributed by atoms with Crippen LogP contribution in [-0.4, -0.2) is 38.7 Å². The number of Topliss-reactive ketones (excluding diaryl/α,β-unsaturated/α-hetero) is 1. The van der Waals surface area contributed by atoms with E-state index in [1.165, 1.54) is 0 Å². The lowest BCUT2D eigenvalue weighted by molar-refractivity contribution is -0.142. The molecule has 2 fully saturated rings. The van der Waals surface area contributed by atoms with Crippen molar-refractivity contribution in [2.75, 3.05) is 5.32 Å². The van der Waals surface area contributed by atoms with Crippen LogP contribution in [0.5, 0.6) is 0 Å². The second-order valence-electron chi connectivity index (χ2n) is 9.19. The molecule has 5 nitrogen and oxygen atoms in total. The standard InChI is InChI=1S/C26H27ClN2O3S/c27-18-10-13-22-23(14-18)33-26(29-22)28-19-11-8-16(9-12-19)15-4-6-17(7-5-15)24(30)20-2-1-3-21(20)25(31)32/h4-9,11-12,18,20-23H,1-3,10,13-14H2,(H,28,29)(H,31,32)/t18-,20?,21+,22?,23?/m0/s1. The second kappa shape index (κ2) is 9.51. The molecule has 0 saturated heterocycles. The number of amidine groups is 1. The molecule has 7 heteroatoms. The Bertz CT molecular complexity index is 1070. The molecular weight excluding hydrogens is 456 g/mol. The first-order chi connectivity index (χ1) is 16.0. The first kappa shape index (κ1) is 22.5. The van der Waals surface area contributed by atoms with Gasteiger partial charge < -0.3 is 10.4 Å². The topological polar surface area (TPSA) is 78.8 Å². The highest BCUT2D eigenvalue weighted by atomic mass is 35.5. The average molecular weight is 483 g/mol. The summed E-state index contributed by atoms with van der Waals surface area (Å²) in [5.74, 6) is -1.88. The third-order valence-electron chi connectivity index (χ3n) is 7.05. The van der Waals surface area contributed by atoms with Crippen LogP contribution in [0.3, 0.4) is 0 Å². The van der Waals surface area contributed by atoms with Gasteiger partial charge >= 0.3 is 5.97 Å². The zero-order chi connectivity index (χ0) is 22.9. The van der Waals surface area contributed by atoms with E-state index >= 15 is 0 Å². The van der Waals surface area contributed by atoms with Gasteiger partial charge in [-0.25, -0.2) is 0 Å². The summed E-state index contributed by atoms with van der Waals surface area (Å²) in [5, 5.41) is 14.5. The molecule has 3 unspecified atom stereocenters. The molecule has 0 spiro atoms. The van der Waals surface area contributed by atoms with Crippen molar-refractivity contribution in [3.8, 4) is 11.1 Å². The van der Waals surface area contributed by atoms with E-state index in [2.05, 4.69) is 17.4 Å². The van der Waals surface area contributed by atoms with Gasteiger partial charge in [0, 0.05) is 27.8 Å². The van der Waals surface area contributed by atoms with Crippen LogP contribution in [0.2, 0.25) is 0 Å². The van der Waals surface area contributed by atoms with E-state index in [9.17, 15) is 14.7 Å². The number of aliphatic imine (C=N–C) groups is 1. The van der Waals surface area contributed by atoms with Gasteiger partial charge in [0.05, 0.1) is 12.0 Å². The van der Waals surface area contributed by atoms with E-state index in [-0.39, 0.29) is 11.2 Å². The van der Waals surface area contributed by atoms with Gasteiger partial charge in [-0.15, -0.1) is 11.6 Å². The van der Waals surface area contributed by atoms with Gasteiger partial charge in [-0.2, -0.15) is 0 Å². The zero-order valence-corrected chi connectivity index (χ0v) is 19.8. The largest absolute Gasteiger partial charge is 0.481 e. The van der Waals surface area contributed by atoms with Crippen LogP contribution in [0.15, 0.2) is 53.5 Å². The number of carbonyl (C=O) groups is 2. The lowest BCUT2D eigenvalue weighted by Gasteiger charge is -2.25. The molecule has 2 aliphatic carbocycles. The van der Waals surface area contributed by atoms with Crippen LogP contribution >= 0.6 is 23.4 Å². The number of carboxylic acids is 1. The molecule has 1 heterocycles. The number of aliphatic carboxylic acids is 1. The fourth-order valence-corrected chi connectivity index (χ4v) is 6.97. The van der Waals surface area contributed by atoms with Crippen LogP contribution in [0.1, 0.15) is 48.9 Å². The number of alkyl halides is 1. The maximum absolute atomic E-state index is 12.8. The van der Waals surface area contributed by atoms with Gasteiger partial charge in [-0.1, -0.05) is 54.6 Å². The van der Waals surface area contributed by atoms with E-state index in [0.29, 0.717) is 29.7 Å². The highest BCUT2D eigenvalue weighted by Gasteiger charge is 2.38. The van der Waals surface area contributed by atoms with Gasteiger partial charge in [0.15, 0.2) is 11.0 Å². The smallest absolute Gasteiger partial charge is 0.307 e. The van der Waals surface area contributed by atoms with E-state index in [4.69, 9.17) is 16.6 Å². The number of halogens is 1. The number of ketones is 1. The molecule has 0 aromatic heterocycles. The Labute approximate surface area is 203 Å². The fourth-order valence-electron chi connectivity index (χ4n) is 5.20. The van der Waals surface area contributed by atoms with Gasteiger partial charge in [0.1, 0.15) is 0 Å². The molecule has 2 aromatic carbocycles. The van der Waals surface area contributed by atoms with Gasteiger partial charge in [-0.3, -0.25) is 14.6 Å². The number of rotatable bonds is 5. The summed E-state index contributed by atoms with van der Waals surface area (Å²) < 4.78 is 0. The van der Waals surface area contributed by atoms with Crippen LogP contribution in [0, 0.1) is 11.8 Å². The average Bonchev–Trinajstić information content (AvgIpc) is 3.46. The Morgan fingerprint density at radius 1 is 0.939 bits per heavy atom. The Morgan fingerprint density at radius 2 is 1.61 bits per heavy atom. The van der Waals surface area contributed by atoms with Crippen molar-refractivity contribution in [3.63, 3.8) is 0 Å². The summed E-state index contributed by atoms with van der Waals surface area (Å²) in [7, 11) is 0. The highest BCUT2D eigenvalue weighted by molar-refractivity contribution is 8.15. The van der Waals surface area contributed by atoms with Crippen molar-refractivity contribution in [2.24, 2.45) is 16.8 Å². The SMILES string of the molecule is O=C(c1ccc(-c2ccc(NC3=NC4CC[C@H](Cl)CC4S3)cc2)cc1)C1CCC[C@H]1C(=O)O.